The number of benzene rings is 1. The largest absolute Gasteiger partial charge is 0.477 e. The quantitative estimate of drug-likeness (QED) is 0.624. The van der Waals surface area contributed by atoms with Gasteiger partial charge in [-0.1, -0.05) is 11.6 Å². The second kappa shape index (κ2) is 8.46. The second-order valence-electron chi connectivity index (χ2n) is 10.9. The Morgan fingerprint density at radius 1 is 1.23 bits per heavy atom. The summed E-state index contributed by atoms with van der Waals surface area (Å²) in [4.78, 5) is 29.2. The number of nitrogens with zero attached hydrogens (tertiary/aromatic N) is 3. The second-order valence-corrected chi connectivity index (χ2v) is 11.2. The van der Waals surface area contributed by atoms with Gasteiger partial charge in [-0.05, 0) is 77.1 Å². The van der Waals surface area contributed by atoms with E-state index in [2.05, 4.69) is 17.3 Å². The smallest absolute Gasteiger partial charge is 0.341 e. The molecule has 0 radical (unpaired) electrons. The Morgan fingerprint density at radius 2 is 1.94 bits per heavy atom. The van der Waals surface area contributed by atoms with Crippen molar-refractivity contribution in [3.8, 4) is 0 Å². The zero-order chi connectivity index (χ0) is 24.5. The number of aromatic carboxylic acids is 1. The van der Waals surface area contributed by atoms with E-state index in [0.29, 0.717) is 23.2 Å². The van der Waals surface area contributed by atoms with Gasteiger partial charge in [0, 0.05) is 36.9 Å². The molecule has 4 aliphatic rings. The highest BCUT2D eigenvalue weighted by Gasteiger charge is 2.55. The maximum absolute atomic E-state index is 15.5. The van der Waals surface area contributed by atoms with Gasteiger partial charge < -0.3 is 19.9 Å². The third-order valence-electron chi connectivity index (χ3n) is 8.94. The summed E-state index contributed by atoms with van der Waals surface area (Å²) in [6.45, 7) is 3.58. The van der Waals surface area contributed by atoms with E-state index in [1.54, 1.807) is 4.57 Å². The van der Waals surface area contributed by atoms with E-state index in [-0.39, 0.29) is 27.6 Å². The van der Waals surface area contributed by atoms with Gasteiger partial charge in [-0.25, -0.2) is 9.18 Å². The molecule has 2 saturated carbocycles. The number of nitrogens with one attached hydrogen (secondary N) is 1. The van der Waals surface area contributed by atoms with Crippen LogP contribution in [0.25, 0.3) is 10.9 Å². The van der Waals surface area contributed by atoms with Crippen LogP contribution in [0, 0.1) is 11.7 Å². The van der Waals surface area contributed by atoms with Crippen LogP contribution in [-0.2, 0) is 0 Å². The zero-order valence-electron chi connectivity index (χ0n) is 20.0. The number of rotatable bonds is 6. The number of pyridine rings is 1. The summed E-state index contributed by atoms with van der Waals surface area (Å²) in [6.07, 6.45) is 8.83. The van der Waals surface area contributed by atoms with Crippen LogP contribution >= 0.6 is 11.6 Å². The molecular formula is C26H32ClFN4O3. The molecule has 2 aromatic rings. The molecule has 0 amide bonds. The first-order chi connectivity index (χ1) is 16.8. The van der Waals surface area contributed by atoms with Crippen molar-refractivity contribution in [1.29, 1.82) is 0 Å². The zero-order valence-corrected chi connectivity index (χ0v) is 20.8. The molecule has 35 heavy (non-hydrogen) atoms. The normalized spacial score (nSPS) is 24.5. The fourth-order valence-corrected chi connectivity index (χ4v) is 7.06. The lowest BCUT2D eigenvalue weighted by atomic mass is 9.91. The number of aromatic nitrogens is 1. The van der Waals surface area contributed by atoms with Gasteiger partial charge in [0.15, 0.2) is 0 Å². The lowest BCUT2D eigenvalue weighted by Gasteiger charge is -2.41. The fourth-order valence-electron chi connectivity index (χ4n) is 6.65. The molecule has 1 atom stereocenters. The minimum atomic E-state index is -1.30. The van der Waals surface area contributed by atoms with Crippen molar-refractivity contribution in [3.63, 3.8) is 0 Å². The average molecular weight is 503 g/mol. The van der Waals surface area contributed by atoms with Crippen LogP contribution in [-0.4, -0.2) is 65.4 Å². The molecule has 2 saturated heterocycles. The summed E-state index contributed by atoms with van der Waals surface area (Å²) in [5, 5.41) is 13.2. The maximum Gasteiger partial charge on any atom is 0.341 e. The summed E-state index contributed by atoms with van der Waals surface area (Å²) in [6, 6.07) is 1.88. The minimum absolute atomic E-state index is 0.0445. The first-order valence-corrected chi connectivity index (χ1v) is 13.2. The highest BCUT2D eigenvalue weighted by atomic mass is 35.5. The van der Waals surface area contributed by atoms with Crippen LogP contribution in [0.2, 0.25) is 5.02 Å². The number of piperidine rings is 1. The SMILES string of the molecule is CN(C1CCNCC1)C1(C2CCN(c3c(F)cc4c(=O)c(C(=O)O)cn(C5CC5)c4c3Cl)C2)CC1. The number of halogens is 2. The lowest BCUT2D eigenvalue weighted by molar-refractivity contribution is 0.0695. The molecular weight excluding hydrogens is 471 g/mol. The number of hydrogen-bond donors (Lipinski definition) is 2. The lowest BCUT2D eigenvalue weighted by Crippen LogP contribution is -2.50. The molecule has 9 heteroatoms. The van der Waals surface area contributed by atoms with E-state index >= 15 is 4.39 Å². The third-order valence-corrected chi connectivity index (χ3v) is 9.30. The molecule has 2 aliphatic heterocycles. The standard InChI is InChI=1S/C26H32ClFN4O3/c1-30(16-4-9-29-10-5-16)26(7-8-26)15-6-11-31(13-15)23-20(28)12-18-22(21(23)27)32(17-2-3-17)14-19(24(18)33)25(34)35/h12,14-17,29H,2-11,13H2,1H3,(H,34,35). The van der Waals surface area contributed by atoms with Crippen LogP contribution in [0.15, 0.2) is 17.1 Å². The van der Waals surface area contributed by atoms with Crippen molar-refractivity contribution in [2.24, 2.45) is 5.92 Å². The Morgan fingerprint density at radius 3 is 2.57 bits per heavy atom. The van der Waals surface area contributed by atoms with Gasteiger partial charge in [0.2, 0.25) is 5.43 Å². The van der Waals surface area contributed by atoms with Crippen LogP contribution in [0.3, 0.4) is 0 Å². The maximum atomic E-state index is 15.5. The number of carbonyl (C=O) groups is 1. The van der Waals surface area contributed by atoms with Crippen molar-refractivity contribution in [1.82, 2.24) is 14.8 Å². The highest BCUT2D eigenvalue weighted by Crippen LogP contribution is 2.53. The molecule has 1 aromatic heterocycles. The molecule has 1 aromatic carbocycles. The molecule has 188 valence electrons. The first kappa shape index (κ1) is 23.3. The molecule has 7 nitrogen and oxygen atoms in total. The van der Waals surface area contributed by atoms with Gasteiger partial charge in [-0.15, -0.1) is 0 Å². The van der Waals surface area contributed by atoms with Crippen molar-refractivity contribution in [2.75, 3.05) is 38.1 Å². The van der Waals surface area contributed by atoms with E-state index in [9.17, 15) is 14.7 Å². The van der Waals surface area contributed by atoms with Crippen LogP contribution < -0.4 is 15.6 Å². The monoisotopic (exact) mass is 502 g/mol. The van der Waals surface area contributed by atoms with Gasteiger partial charge in [0.05, 0.1) is 21.6 Å². The Balaban J connectivity index is 1.35. The van der Waals surface area contributed by atoms with Gasteiger partial charge >= 0.3 is 5.97 Å². The number of carboxylic acids is 1. The van der Waals surface area contributed by atoms with Crippen molar-refractivity contribution in [3.05, 3.63) is 38.9 Å². The molecule has 0 bridgehead atoms. The molecule has 1 unspecified atom stereocenters. The molecule has 2 N–H and O–H groups in total. The Bertz CT molecular complexity index is 1250. The Hall–Kier alpha value is -2.16. The number of fused-ring (bicyclic) bond motifs is 1. The predicted molar refractivity (Wildman–Crippen MR) is 134 cm³/mol. The molecule has 0 spiro atoms. The molecule has 3 heterocycles. The summed E-state index contributed by atoms with van der Waals surface area (Å²) in [7, 11) is 2.27. The highest BCUT2D eigenvalue weighted by molar-refractivity contribution is 6.38. The van der Waals surface area contributed by atoms with E-state index in [0.717, 1.165) is 58.3 Å². The Kier molecular flexibility index (Phi) is 5.62. The summed E-state index contributed by atoms with van der Waals surface area (Å²) >= 11 is 6.86. The van der Waals surface area contributed by atoms with Gasteiger partial charge in [0.1, 0.15) is 11.4 Å². The predicted octanol–water partition coefficient (Wildman–Crippen LogP) is 3.87. The van der Waals surface area contributed by atoms with E-state index < -0.39 is 17.2 Å². The Labute approximate surface area is 208 Å². The minimum Gasteiger partial charge on any atom is -0.477 e. The van der Waals surface area contributed by atoms with E-state index in [4.69, 9.17) is 11.6 Å². The topological polar surface area (TPSA) is 77.8 Å². The van der Waals surface area contributed by atoms with Crippen LogP contribution in [0.5, 0.6) is 0 Å². The third kappa shape index (κ3) is 3.76. The molecule has 6 rings (SSSR count). The molecule has 4 fully saturated rings. The molecule has 2 aliphatic carbocycles. The van der Waals surface area contributed by atoms with Gasteiger partial charge in [-0.3, -0.25) is 9.69 Å². The number of anilines is 1. The summed E-state index contributed by atoms with van der Waals surface area (Å²) < 4.78 is 17.3. The van der Waals surface area contributed by atoms with Crippen LogP contribution in [0.1, 0.15) is 61.3 Å². The van der Waals surface area contributed by atoms with Gasteiger partial charge in [0.25, 0.3) is 0 Å². The average Bonchev–Trinajstić information content (AvgIpc) is 3.78. The number of hydrogen-bond acceptors (Lipinski definition) is 5. The van der Waals surface area contributed by atoms with E-state index in [1.807, 2.05) is 4.90 Å². The fraction of sp³-hybridized carbons (Fsp3) is 0.615. The van der Waals surface area contributed by atoms with Crippen molar-refractivity contribution < 1.29 is 14.3 Å². The van der Waals surface area contributed by atoms with Crippen LogP contribution in [0.4, 0.5) is 10.1 Å². The number of carboxylic acid groups (broad SMARTS) is 1. The van der Waals surface area contributed by atoms with Crippen molar-refractivity contribution in [2.45, 2.75) is 62.6 Å². The van der Waals surface area contributed by atoms with Gasteiger partial charge in [-0.2, -0.15) is 0 Å². The summed E-state index contributed by atoms with van der Waals surface area (Å²) in [5.41, 5.74) is -0.0406. The van der Waals surface area contributed by atoms with E-state index in [1.165, 1.54) is 25.1 Å². The summed E-state index contributed by atoms with van der Waals surface area (Å²) in [5.74, 6) is -1.42. The first-order valence-electron chi connectivity index (χ1n) is 12.8. The van der Waals surface area contributed by atoms with Crippen molar-refractivity contribution >= 4 is 34.2 Å².